The maximum atomic E-state index is 11.9. The van der Waals surface area contributed by atoms with Crippen molar-refractivity contribution < 1.29 is 38.9 Å². The predicted octanol–water partition coefficient (Wildman–Crippen LogP) is 0.581. The summed E-state index contributed by atoms with van der Waals surface area (Å²) in [6, 6.07) is 0. The monoisotopic (exact) mass is 290 g/mol. The van der Waals surface area contributed by atoms with Crippen molar-refractivity contribution in [1.29, 1.82) is 0 Å². The minimum Gasteiger partial charge on any atom is -0.481 e. The van der Waals surface area contributed by atoms with Crippen LogP contribution in [-0.4, -0.2) is 46.3 Å². The molecule has 0 atom stereocenters. The van der Waals surface area contributed by atoms with Gasteiger partial charge in [0, 0.05) is 6.92 Å². The van der Waals surface area contributed by atoms with E-state index in [9.17, 15) is 19.2 Å². The number of rotatable bonds is 9. The van der Waals surface area contributed by atoms with Crippen LogP contribution in [0.15, 0.2) is 0 Å². The van der Waals surface area contributed by atoms with Crippen LogP contribution in [0.4, 0.5) is 0 Å². The fraction of sp³-hybridized carbons (Fsp3) is 0.667. The van der Waals surface area contributed by atoms with E-state index >= 15 is 0 Å². The standard InChI is InChI=1S/C12H18O8/c1-3-4-5-19-11(18)12(6-9(14)15,7-10(16)17)20-8(2)13/h3-7H2,1-2H3,(H,14,15)(H,16,17). The Morgan fingerprint density at radius 3 is 1.90 bits per heavy atom. The van der Waals surface area contributed by atoms with Gasteiger partial charge in [-0.05, 0) is 6.42 Å². The molecule has 0 aliphatic heterocycles. The smallest absolute Gasteiger partial charge is 0.351 e. The van der Waals surface area contributed by atoms with E-state index in [0.717, 1.165) is 13.3 Å². The van der Waals surface area contributed by atoms with Gasteiger partial charge >= 0.3 is 23.9 Å². The number of carbonyl (C=O) groups is 4. The number of hydrogen-bond donors (Lipinski definition) is 2. The highest BCUT2D eigenvalue weighted by Gasteiger charge is 2.47. The third kappa shape index (κ3) is 6.17. The Balaban J connectivity index is 5.22. The van der Waals surface area contributed by atoms with Gasteiger partial charge in [-0.15, -0.1) is 0 Å². The summed E-state index contributed by atoms with van der Waals surface area (Å²) < 4.78 is 9.48. The van der Waals surface area contributed by atoms with E-state index in [1.807, 2.05) is 6.92 Å². The Morgan fingerprint density at radius 1 is 1.05 bits per heavy atom. The van der Waals surface area contributed by atoms with Gasteiger partial charge in [-0.1, -0.05) is 13.3 Å². The SMILES string of the molecule is CCCCOC(=O)C(CC(=O)O)(CC(=O)O)OC(C)=O. The van der Waals surface area contributed by atoms with Crippen LogP contribution in [0.25, 0.3) is 0 Å². The van der Waals surface area contributed by atoms with Gasteiger partial charge in [-0.2, -0.15) is 0 Å². The van der Waals surface area contributed by atoms with Crippen LogP contribution < -0.4 is 0 Å². The Hall–Kier alpha value is -2.12. The van der Waals surface area contributed by atoms with Gasteiger partial charge in [-0.3, -0.25) is 14.4 Å². The number of aliphatic carboxylic acids is 2. The zero-order valence-electron chi connectivity index (χ0n) is 11.4. The molecule has 0 aromatic rings. The zero-order valence-corrected chi connectivity index (χ0v) is 11.4. The summed E-state index contributed by atoms with van der Waals surface area (Å²) in [5.41, 5.74) is -2.34. The van der Waals surface area contributed by atoms with E-state index in [-0.39, 0.29) is 6.61 Å². The molecule has 0 saturated heterocycles. The topological polar surface area (TPSA) is 127 Å². The number of carboxylic acid groups (broad SMARTS) is 2. The lowest BCUT2D eigenvalue weighted by atomic mass is 9.95. The lowest BCUT2D eigenvalue weighted by Crippen LogP contribution is -2.47. The minimum absolute atomic E-state index is 0.00239. The molecule has 0 amide bonds. The van der Waals surface area contributed by atoms with Crippen LogP contribution in [-0.2, 0) is 28.7 Å². The van der Waals surface area contributed by atoms with Crippen LogP contribution in [0.1, 0.15) is 39.5 Å². The summed E-state index contributed by atoms with van der Waals surface area (Å²) in [6.07, 6.45) is -0.679. The Kier molecular flexibility index (Phi) is 7.27. The first-order chi connectivity index (χ1) is 9.23. The van der Waals surface area contributed by atoms with Crippen molar-refractivity contribution in [2.75, 3.05) is 6.61 Å². The van der Waals surface area contributed by atoms with Gasteiger partial charge in [0.1, 0.15) is 0 Å². The van der Waals surface area contributed by atoms with Crippen molar-refractivity contribution >= 4 is 23.9 Å². The average Bonchev–Trinajstić information content (AvgIpc) is 2.25. The molecule has 20 heavy (non-hydrogen) atoms. The molecule has 8 nitrogen and oxygen atoms in total. The molecule has 0 aliphatic rings. The highest BCUT2D eigenvalue weighted by atomic mass is 16.6. The van der Waals surface area contributed by atoms with Gasteiger partial charge in [0.2, 0.25) is 5.60 Å². The van der Waals surface area contributed by atoms with Crippen molar-refractivity contribution in [3.05, 3.63) is 0 Å². The van der Waals surface area contributed by atoms with E-state index in [0.29, 0.717) is 6.42 Å². The van der Waals surface area contributed by atoms with E-state index in [1.54, 1.807) is 0 Å². The van der Waals surface area contributed by atoms with Gasteiger partial charge in [0.25, 0.3) is 0 Å². The van der Waals surface area contributed by atoms with E-state index in [2.05, 4.69) is 4.74 Å². The van der Waals surface area contributed by atoms with Gasteiger partial charge < -0.3 is 19.7 Å². The maximum Gasteiger partial charge on any atom is 0.351 e. The minimum atomic E-state index is -2.34. The summed E-state index contributed by atoms with van der Waals surface area (Å²) in [7, 11) is 0. The summed E-state index contributed by atoms with van der Waals surface area (Å²) in [5, 5.41) is 17.6. The molecular weight excluding hydrogens is 272 g/mol. The maximum absolute atomic E-state index is 11.9. The first-order valence-electron chi connectivity index (χ1n) is 6.04. The predicted molar refractivity (Wildman–Crippen MR) is 64.9 cm³/mol. The Bertz CT molecular complexity index is 346. The van der Waals surface area contributed by atoms with Crippen molar-refractivity contribution in [1.82, 2.24) is 0 Å². The van der Waals surface area contributed by atoms with Crippen LogP contribution in [0, 0.1) is 0 Å². The number of carboxylic acids is 2. The molecule has 8 heteroatoms. The summed E-state index contributed by atoms with van der Waals surface area (Å²) >= 11 is 0. The summed E-state index contributed by atoms with van der Waals surface area (Å²) in [6.45, 7) is 2.80. The molecule has 0 saturated carbocycles. The Labute approximate surface area is 115 Å². The average molecular weight is 290 g/mol. The van der Waals surface area contributed by atoms with Crippen LogP contribution in [0.3, 0.4) is 0 Å². The fourth-order valence-electron chi connectivity index (χ4n) is 1.53. The third-order valence-electron chi connectivity index (χ3n) is 2.32. The second-order valence-electron chi connectivity index (χ2n) is 4.22. The molecular formula is C12H18O8. The molecule has 0 aromatic heterocycles. The fourth-order valence-corrected chi connectivity index (χ4v) is 1.53. The molecule has 0 aliphatic carbocycles. The number of hydrogen-bond acceptors (Lipinski definition) is 6. The molecule has 2 N–H and O–H groups in total. The van der Waals surface area contributed by atoms with Crippen molar-refractivity contribution in [3.8, 4) is 0 Å². The van der Waals surface area contributed by atoms with E-state index < -0.39 is 42.3 Å². The van der Waals surface area contributed by atoms with Gasteiger partial charge in [-0.25, -0.2) is 4.79 Å². The first-order valence-corrected chi connectivity index (χ1v) is 6.04. The van der Waals surface area contributed by atoms with Gasteiger partial charge in [0.05, 0.1) is 19.4 Å². The first kappa shape index (κ1) is 17.9. The zero-order chi connectivity index (χ0) is 15.8. The second-order valence-corrected chi connectivity index (χ2v) is 4.22. The van der Waals surface area contributed by atoms with Crippen molar-refractivity contribution in [3.63, 3.8) is 0 Å². The van der Waals surface area contributed by atoms with Crippen molar-refractivity contribution in [2.45, 2.75) is 45.1 Å². The van der Waals surface area contributed by atoms with E-state index in [1.165, 1.54) is 0 Å². The third-order valence-corrected chi connectivity index (χ3v) is 2.32. The molecule has 0 aromatic carbocycles. The van der Waals surface area contributed by atoms with E-state index in [4.69, 9.17) is 14.9 Å². The molecule has 114 valence electrons. The highest BCUT2D eigenvalue weighted by molar-refractivity contribution is 5.91. The number of ether oxygens (including phenoxy) is 2. The Morgan fingerprint density at radius 2 is 1.55 bits per heavy atom. The number of carbonyl (C=O) groups excluding carboxylic acids is 2. The normalized spacial score (nSPS) is 10.7. The molecule has 0 rings (SSSR count). The molecule has 0 fully saturated rings. The van der Waals surface area contributed by atoms with Crippen LogP contribution in [0.2, 0.25) is 0 Å². The molecule has 0 unspecified atom stereocenters. The molecule has 0 radical (unpaired) electrons. The van der Waals surface area contributed by atoms with Crippen LogP contribution >= 0.6 is 0 Å². The van der Waals surface area contributed by atoms with Crippen molar-refractivity contribution in [2.24, 2.45) is 0 Å². The second kappa shape index (κ2) is 8.13. The lowest BCUT2D eigenvalue weighted by Gasteiger charge is -2.27. The number of unbranched alkanes of at least 4 members (excludes halogenated alkanes) is 1. The molecule has 0 heterocycles. The van der Waals surface area contributed by atoms with Gasteiger partial charge in [0.15, 0.2) is 0 Å². The summed E-state index contributed by atoms with van der Waals surface area (Å²) in [4.78, 5) is 44.6. The number of esters is 2. The highest BCUT2D eigenvalue weighted by Crippen LogP contribution is 2.24. The largest absolute Gasteiger partial charge is 0.481 e. The molecule has 0 spiro atoms. The molecule has 0 bridgehead atoms. The quantitative estimate of drug-likeness (QED) is 0.466. The lowest BCUT2D eigenvalue weighted by molar-refractivity contribution is -0.188. The summed E-state index contributed by atoms with van der Waals surface area (Å²) in [5.74, 6) is -5.06. The van der Waals surface area contributed by atoms with Crippen LogP contribution in [0.5, 0.6) is 0 Å².